The second kappa shape index (κ2) is 6.57. The van der Waals surface area contributed by atoms with Crippen LogP contribution in [0.25, 0.3) is 0 Å². The summed E-state index contributed by atoms with van der Waals surface area (Å²) >= 11 is 11.4. The fourth-order valence-corrected chi connectivity index (χ4v) is 3.16. The van der Waals surface area contributed by atoms with Gasteiger partial charge in [0.2, 0.25) is 0 Å². The zero-order chi connectivity index (χ0) is 13.1. The predicted molar refractivity (Wildman–Crippen MR) is 86.3 cm³/mol. The number of benzene rings is 1. The first-order chi connectivity index (χ1) is 8.63. The van der Waals surface area contributed by atoms with E-state index in [0.29, 0.717) is 18.5 Å². The van der Waals surface area contributed by atoms with Gasteiger partial charge in [-0.3, -0.25) is 4.79 Å². The lowest BCUT2D eigenvalue weighted by Crippen LogP contribution is -2.45. The van der Waals surface area contributed by atoms with Crippen molar-refractivity contribution >= 4 is 56.0 Å². The molecule has 0 spiro atoms. The first-order valence-corrected chi connectivity index (χ1v) is 8.36. The van der Waals surface area contributed by atoms with Crippen molar-refractivity contribution in [2.75, 3.05) is 12.4 Å². The molecule has 2 rings (SSSR count). The van der Waals surface area contributed by atoms with Gasteiger partial charge in [-0.1, -0.05) is 15.9 Å². The molecule has 0 bridgehead atoms. The highest BCUT2D eigenvalue weighted by Gasteiger charge is 2.29. The maximum atomic E-state index is 12.6. The van der Waals surface area contributed by atoms with Crippen molar-refractivity contribution in [2.45, 2.75) is 25.3 Å². The Morgan fingerprint density at radius 1 is 1.50 bits per heavy atom. The summed E-state index contributed by atoms with van der Waals surface area (Å²) < 4.78 is 1.92. The van der Waals surface area contributed by atoms with Gasteiger partial charge in [-0.2, -0.15) is 0 Å². The molecule has 0 saturated heterocycles. The first-order valence-electron chi connectivity index (χ1n) is 5.95. The van der Waals surface area contributed by atoms with E-state index >= 15 is 0 Å². The SMILES string of the molecule is O=C(c1cc(Br)ccc1I)N(CCCl)C1CCC1. The van der Waals surface area contributed by atoms with E-state index < -0.39 is 0 Å². The summed E-state index contributed by atoms with van der Waals surface area (Å²) in [7, 11) is 0. The van der Waals surface area contributed by atoms with E-state index in [1.165, 1.54) is 6.42 Å². The molecule has 1 amide bonds. The Bertz CT molecular complexity index is 451. The number of carbonyl (C=O) groups excluding carboxylic acids is 1. The number of hydrogen-bond acceptors (Lipinski definition) is 1. The van der Waals surface area contributed by atoms with Crippen LogP contribution in [0.15, 0.2) is 22.7 Å². The monoisotopic (exact) mass is 441 g/mol. The van der Waals surface area contributed by atoms with E-state index in [1.54, 1.807) is 0 Å². The second-order valence-corrected chi connectivity index (χ2v) is 6.85. The molecule has 0 heterocycles. The minimum absolute atomic E-state index is 0.103. The third kappa shape index (κ3) is 3.20. The molecular formula is C13H14BrClINO. The zero-order valence-electron chi connectivity index (χ0n) is 9.83. The zero-order valence-corrected chi connectivity index (χ0v) is 14.3. The quantitative estimate of drug-likeness (QED) is 0.503. The number of amides is 1. The molecule has 2 nitrogen and oxygen atoms in total. The molecule has 0 unspecified atom stereocenters. The highest BCUT2D eigenvalue weighted by molar-refractivity contribution is 14.1. The number of nitrogens with zero attached hydrogens (tertiary/aromatic N) is 1. The molecule has 98 valence electrons. The third-order valence-corrected chi connectivity index (χ3v) is 4.86. The molecule has 0 N–H and O–H groups in total. The standard InChI is InChI=1S/C13H14BrClINO/c14-9-4-5-12(16)11(8-9)13(18)17(7-6-15)10-2-1-3-10/h4-5,8,10H,1-3,6-7H2. The van der Waals surface area contributed by atoms with Gasteiger partial charge in [0.25, 0.3) is 5.91 Å². The molecule has 1 aromatic rings. The third-order valence-electron chi connectivity index (χ3n) is 3.26. The fraction of sp³-hybridized carbons (Fsp3) is 0.462. The van der Waals surface area contributed by atoms with Crippen molar-refractivity contribution in [3.63, 3.8) is 0 Å². The van der Waals surface area contributed by atoms with Crippen LogP contribution in [0.4, 0.5) is 0 Å². The molecule has 0 atom stereocenters. The smallest absolute Gasteiger partial charge is 0.255 e. The second-order valence-electron chi connectivity index (χ2n) is 4.40. The van der Waals surface area contributed by atoms with Crippen molar-refractivity contribution in [3.8, 4) is 0 Å². The van der Waals surface area contributed by atoms with E-state index in [9.17, 15) is 4.79 Å². The van der Waals surface area contributed by atoms with Crippen LogP contribution < -0.4 is 0 Å². The van der Waals surface area contributed by atoms with E-state index in [1.807, 2.05) is 23.1 Å². The lowest BCUT2D eigenvalue weighted by molar-refractivity contribution is 0.0597. The predicted octanol–water partition coefficient (Wildman–Crippen LogP) is 4.29. The van der Waals surface area contributed by atoms with Gasteiger partial charge in [-0.05, 0) is 60.1 Å². The Hall–Kier alpha value is 0.190. The van der Waals surface area contributed by atoms with Crippen LogP contribution in [0.1, 0.15) is 29.6 Å². The van der Waals surface area contributed by atoms with Crippen molar-refractivity contribution in [3.05, 3.63) is 31.8 Å². The molecule has 1 aromatic carbocycles. The normalized spacial score (nSPS) is 15.3. The molecule has 0 aliphatic heterocycles. The van der Waals surface area contributed by atoms with E-state index in [4.69, 9.17) is 11.6 Å². The van der Waals surface area contributed by atoms with E-state index in [-0.39, 0.29) is 5.91 Å². The molecule has 0 aromatic heterocycles. The molecule has 0 radical (unpaired) electrons. The van der Waals surface area contributed by atoms with Gasteiger partial charge in [-0.15, -0.1) is 11.6 Å². The number of carbonyl (C=O) groups is 1. The Kier molecular flexibility index (Phi) is 5.33. The van der Waals surface area contributed by atoms with Gasteiger partial charge in [0.15, 0.2) is 0 Å². The molecule has 1 fully saturated rings. The van der Waals surface area contributed by atoms with Crippen LogP contribution in [-0.2, 0) is 0 Å². The van der Waals surface area contributed by atoms with Crippen LogP contribution in [-0.4, -0.2) is 29.3 Å². The van der Waals surface area contributed by atoms with Crippen LogP contribution in [0.3, 0.4) is 0 Å². The topological polar surface area (TPSA) is 20.3 Å². The van der Waals surface area contributed by atoms with Gasteiger partial charge in [-0.25, -0.2) is 0 Å². The van der Waals surface area contributed by atoms with Crippen LogP contribution in [0.5, 0.6) is 0 Å². The highest BCUT2D eigenvalue weighted by Crippen LogP contribution is 2.28. The Labute approximate surface area is 134 Å². The lowest BCUT2D eigenvalue weighted by Gasteiger charge is -2.37. The number of alkyl halides is 1. The number of rotatable bonds is 4. The molecule has 1 aliphatic rings. The van der Waals surface area contributed by atoms with Crippen molar-refractivity contribution < 1.29 is 4.79 Å². The molecular weight excluding hydrogens is 428 g/mol. The highest BCUT2D eigenvalue weighted by atomic mass is 127. The molecule has 5 heteroatoms. The molecule has 1 aliphatic carbocycles. The Balaban J connectivity index is 2.23. The van der Waals surface area contributed by atoms with Gasteiger partial charge >= 0.3 is 0 Å². The Morgan fingerprint density at radius 2 is 2.22 bits per heavy atom. The van der Waals surface area contributed by atoms with Crippen molar-refractivity contribution in [1.29, 1.82) is 0 Å². The van der Waals surface area contributed by atoms with Gasteiger partial charge < -0.3 is 4.90 Å². The van der Waals surface area contributed by atoms with Gasteiger partial charge in [0, 0.05) is 26.5 Å². The summed E-state index contributed by atoms with van der Waals surface area (Å²) in [6.45, 7) is 0.633. The maximum absolute atomic E-state index is 12.6. The average Bonchev–Trinajstić information content (AvgIpc) is 2.28. The average molecular weight is 443 g/mol. The van der Waals surface area contributed by atoms with Crippen molar-refractivity contribution in [2.24, 2.45) is 0 Å². The number of halogens is 3. The fourth-order valence-electron chi connectivity index (χ4n) is 2.06. The summed E-state index contributed by atoms with van der Waals surface area (Å²) in [6.07, 6.45) is 3.42. The minimum Gasteiger partial charge on any atom is -0.334 e. The molecule has 18 heavy (non-hydrogen) atoms. The van der Waals surface area contributed by atoms with Crippen molar-refractivity contribution in [1.82, 2.24) is 4.90 Å². The van der Waals surface area contributed by atoms with E-state index in [2.05, 4.69) is 38.5 Å². The molecule has 1 saturated carbocycles. The first kappa shape index (κ1) is 14.6. The Morgan fingerprint density at radius 3 is 2.78 bits per heavy atom. The lowest BCUT2D eigenvalue weighted by atomic mass is 9.91. The van der Waals surface area contributed by atoms with Gasteiger partial charge in [0.1, 0.15) is 0 Å². The minimum atomic E-state index is 0.103. The summed E-state index contributed by atoms with van der Waals surface area (Å²) in [6, 6.07) is 6.18. The van der Waals surface area contributed by atoms with Gasteiger partial charge in [0.05, 0.1) is 5.56 Å². The summed E-state index contributed by atoms with van der Waals surface area (Å²) in [5.41, 5.74) is 0.766. The van der Waals surface area contributed by atoms with Crippen LogP contribution >= 0.6 is 50.1 Å². The maximum Gasteiger partial charge on any atom is 0.255 e. The summed E-state index contributed by atoms with van der Waals surface area (Å²) in [5.74, 6) is 0.596. The van der Waals surface area contributed by atoms with Crippen LogP contribution in [0, 0.1) is 3.57 Å². The summed E-state index contributed by atoms with van der Waals surface area (Å²) in [5, 5.41) is 0. The summed E-state index contributed by atoms with van der Waals surface area (Å²) in [4.78, 5) is 14.5. The largest absolute Gasteiger partial charge is 0.334 e. The van der Waals surface area contributed by atoms with Crippen LogP contribution in [0.2, 0.25) is 0 Å². The number of hydrogen-bond donors (Lipinski definition) is 0. The van der Waals surface area contributed by atoms with E-state index in [0.717, 1.165) is 26.4 Å².